The zero-order valence-electron chi connectivity index (χ0n) is 16.1. The van der Waals surface area contributed by atoms with E-state index >= 15 is 0 Å². The van der Waals surface area contributed by atoms with Crippen LogP contribution in [0.4, 0.5) is 8.78 Å². The quantitative estimate of drug-likeness (QED) is 0.608. The molecule has 0 radical (unpaired) electrons. The van der Waals surface area contributed by atoms with Crippen LogP contribution in [-0.2, 0) is 4.79 Å². The Kier molecular flexibility index (Phi) is 5.77. The Morgan fingerprint density at radius 1 is 0.935 bits per heavy atom. The van der Waals surface area contributed by atoms with Crippen LogP contribution in [0.3, 0.4) is 0 Å². The van der Waals surface area contributed by atoms with Crippen molar-refractivity contribution in [3.8, 4) is 0 Å². The van der Waals surface area contributed by atoms with E-state index in [1.54, 1.807) is 47.3 Å². The van der Waals surface area contributed by atoms with Gasteiger partial charge in [0.2, 0.25) is 12.3 Å². The molecule has 8 heteroatoms. The van der Waals surface area contributed by atoms with Gasteiger partial charge >= 0.3 is 5.91 Å². The molecule has 0 spiro atoms. The molecule has 0 saturated carbocycles. The maximum Gasteiger partial charge on any atom is 0.304 e. The van der Waals surface area contributed by atoms with Crippen LogP contribution in [0.2, 0.25) is 5.02 Å². The van der Waals surface area contributed by atoms with Gasteiger partial charge < -0.3 is 5.32 Å². The van der Waals surface area contributed by atoms with Gasteiger partial charge in [0.25, 0.3) is 5.91 Å². The summed E-state index contributed by atoms with van der Waals surface area (Å²) in [7, 11) is 0. The zero-order chi connectivity index (χ0) is 22.0. The third-order valence-corrected chi connectivity index (χ3v) is 5.15. The molecule has 2 atom stereocenters. The number of hydrogen-bond donors (Lipinski definition) is 2. The highest BCUT2D eigenvalue weighted by Gasteiger charge is 2.47. The molecule has 2 amide bonds. The molecule has 0 unspecified atom stereocenters. The Hall–Kier alpha value is -3.58. The Balaban J connectivity index is 1.69. The summed E-state index contributed by atoms with van der Waals surface area (Å²) >= 11 is 6.00. The summed E-state index contributed by atoms with van der Waals surface area (Å²) in [6.45, 7) is 0. The first kappa shape index (κ1) is 20.7. The minimum absolute atomic E-state index is 0.227. The Morgan fingerprint density at radius 2 is 1.52 bits per heavy atom. The zero-order valence-corrected chi connectivity index (χ0v) is 16.8. The lowest BCUT2D eigenvalue weighted by molar-refractivity contribution is -0.596. The van der Waals surface area contributed by atoms with Crippen molar-refractivity contribution in [2.24, 2.45) is 0 Å². The topological polar surface area (TPSA) is 61.2 Å². The van der Waals surface area contributed by atoms with Crippen LogP contribution in [0, 0.1) is 11.6 Å². The van der Waals surface area contributed by atoms with E-state index in [9.17, 15) is 18.4 Å². The normalized spacial score (nSPS) is 19.3. The van der Waals surface area contributed by atoms with Crippen LogP contribution in [0.5, 0.6) is 0 Å². The molecule has 1 aliphatic heterocycles. The largest absolute Gasteiger partial charge is 0.334 e. The van der Waals surface area contributed by atoms with Gasteiger partial charge in [0, 0.05) is 21.7 Å². The number of amides is 2. The van der Waals surface area contributed by atoms with Crippen LogP contribution < -0.4 is 10.7 Å². The molecule has 5 nitrogen and oxygen atoms in total. The van der Waals surface area contributed by atoms with Gasteiger partial charge in [0.1, 0.15) is 11.6 Å². The standard InChI is InChI=1S/C23H16ClF2N3O2/c24-17-7-3-15(4-8-17)21-20(27-22(30)16-5-11-19(26)12-6-16)23(31)28-29(21)13-14-1-9-18(25)10-2-14/h1-13,20-21H,(H-,27,28,30,31)/p+1/b29-13-/t20-,21-/m0/s1. The molecule has 0 aliphatic carbocycles. The third kappa shape index (κ3) is 4.62. The molecule has 1 aliphatic rings. The fourth-order valence-corrected chi connectivity index (χ4v) is 3.50. The van der Waals surface area contributed by atoms with Gasteiger partial charge in [0.05, 0.1) is 0 Å². The number of hydrogen-bond acceptors (Lipinski definition) is 2. The number of carbonyl (C=O) groups is 2. The monoisotopic (exact) mass is 440 g/mol. The Morgan fingerprint density at radius 3 is 2.13 bits per heavy atom. The lowest BCUT2D eigenvalue weighted by Gasteiger charge is -2.15. The number of benzene rings is 3. The highest BCUT2D eigenvalue weighted by Crippen LogP contribution is 2.26. The van der Waals surface area contributed by atoms with Gasteiger partial charge in [-0.1, -0.05) is 23.7 Å². The molecule has 31 heavy (non-hydrogen) atoms. The molecule has 2 N–H and O–H groups in total. The van der Waals surface area contributed by atoms with Gasteiger partial charge in [-0.05, 0) is 60.7 Å². The van der Waals surface area contributed by atoms with Crippen LogP contribution in [0.1, 0.15) is 27.5 Å². The van der Waals surface area contributed by atoms with E-state index in [0.717, 1.165) is 5.56 Å². The summed E-state index contributed by atoms with van der Waals surface area (Å²) in [5, 5.41) is 3.25. The van der Waals surface area contributed by atoms with Crippen molar-refractivity contribution in [2.45, 2.75) is 12.1 Å². The van der Waals surface area contributed by atoms with E-state index in [4.69, 9.17) is 11.6 Å². The maximum absolute atomic E-state index is 13.3. The fraction of sp³-hybridized carbons (Fsp3) is 0.0870. The van der Waals surface area contributed by atoms with Crippen molar-refractivity contribution in [3.63, 3.8) is 0 Å². The summed E-state index contributed by atoms with van der Waals surface area (Å²) in [6.07, 6.45) is 1.65. The highest BCUT2D eigenvalue weighted by molar-refractivity contribution is 6.30. The van der Waals surface area contributed by atoms with Crippen LogP contribution in [-0.4, -0.2) is 28.8 Å². The van der Waals surface area contributed by atoms with E-state index in [1.165, 1.54) is 36.4 Å². The first-order chi connectivity index (χ1) is 14.9. The number of nitrogens with zero attached hydrogens (tertiary/aromatic N) is 1. The molecule has 1 fully saturated rings. The number of carbonyl (C=O) groups excluding carboxylic acids is 2. The fourth-order valence-electron chi connectivity index (χ4n) is 3.38. The first-order valence-electron chi connectivity index (χ1n) is 9.42. The van der Waals surface area contributed by atoms with E-state index in [1.807, 2.05) is 0 Å². The summed E-state index contributed by atoms with van der Waals surface area (Å²) in [5.41, 5.74) is 4.35. The van der Waals surface area contributed by atoms with Crippen molar-refractivity contribution in [2.75, 3.05) is 0 Å². The summed E-state index contributed by atoms with van der Waals surface area (Å²) in [4.78, 5) is 25.5. The van der Waals surface area contributed by atoms with Gasteiger partial charge in [-0.2, -0.15) is 0 Å². The summed E-state index contributed by atoms with van der Waals surface area (Å²) in [5.74, 6) is -1.77. The Labute approximate surface area is 181 Å². The molecule has 1 heterocycles. The minimum atomic E-state index is -0.935. The molecule has 4 rings (SSSR count). The molecular weight excluding hydrogens is 424 g/mol. The average Bonchev–Trinajstić information content (AvgIpc) is 3.05. The van der Waals surface area contributed by atoms with Crippen molar-refractivity contribution < 1.29 is 23.1 Å². The van der Waals surface area contributed by atoms with Crippen LogP contribution >= 0.6 is 11.6 Å². The van der Waals surface area contributed by atoms with Crippen molar-refractivity contribution in [1.29, 1.82) is 0 Å². The second kappa shape index (κ2) is 8.65. The number of halogens is 3. The predicted molar refractivity (Wildman–Crippen MR) is 112 cm³/mol. The van der Waals surface area contributed by atoms with E-state index < -0.39 is 29.7 Å². The molecule has 3 aromatic rings. The average molecular weight is 441 g/mol. The van der Waals surface area contributed by atoms with Crippen LogP contribution in [0.15, 0.2) is 72.8 Å². The van der Waals surface area contributed by atoms with Crippen molar-refractivity contribution >= 4 is 29.6 Å². The molecular formula is C23H17ClF2N3O2+. The maximum atomic E-state index is 13.3. The smallest absolute Gasteiger partial charge is 0.304 e. The minimum Gasteiger partial charge on any atom is -0.334 e. The van der Waals surface area contributed by atoms with E-state index in [-0.39, 0.29) is 11.4 Å². The SMILES string of the molecule is O=C(N[C@@H]1C(=O)N/[N+](=C\c2ccc(F)cc2)[C@H]1c1ccc(Cl)cc1)c1ccc(F)cc1. The molecule has 0 aromatic heterocycles. The second-order valence-electron chi connectivity index (χ2n) is 7.02. The van der Waals surface area contributed by atoms with Gasteiger partial charge in [-0.3, -0.25) is 9.59 Å². The number of hydrazone groups is 1. The number of nitrogens with one attached hydrogen (secondary N) is 2. The lowest BCUT2D eigenvalue weighted by Crippen LogP contribution is -2.42. The third-order valence-electron chi connectivity index (χ3n) is 4.90. The van der Waals surface area contributed by atoms with Gasteiger partial charge in [-0.25, -0.2) is 8.78 Å². The van der Waals surface area contributed by atoms with Crippen LogP contribution in [0.25, 0.3) is 0 Å². The number of hydrazine groups is 1. The highest BCUT2D eigenvalue weighted by atomic mass is 35.5. The summed E-state index contributed by atoms with van der Waals surface area (Å²) < 4.78 is 28.0. The second-order valence-corrected chi connectivity index (χ2v) is 7.45. The van der Waals surface area contributed by atoms with Gasteiger partial charge in [0.15, 0.2) is 6.04 Å². The Bertz CT molecular complexity index is 1150. The van der Waals surface area contributed by atoms with E-state index in [2.05, 4.69) is 10.7 Å². The molecule has 1 saturated heterocycles. The van der Waals surface area contributed by atoms with E-state index in [0.29, 0.717) is 10.6 Å². The summed E-state index contributed by atoms with van der Waals surface area (Å²) in [6, 6.07) is 16.2. The van der Waals surface area contributed by atoms with Crippen molar-refractivity contribution in [3.05, 3.63) is 106 Å². The van der Waals surface area contributed by atoms with Crippen molar-refractivity contribution in [1.82, 2.24) is 10.7 Å². The van der Waals surface area contributed by atoms with Gasteiger partial charge in [-0.15, -0.1) is 10.1 Å². The first-order valence-corrected chi connectivity index (χ1v) is 9.80. The molecule has 156 valence electrons. The lowest BCUT2D eigenvalue weighted by atomic mass is 10.00. The predicted octanol–water partition coefficient (Wildman–Crippen LogP) is 3.63. The molecule has 3 aromatic carbocycles. The number of rotatable bonds is 4. The molecule has 0 bridgehead atoms.